The van der Waals surface area contributed by atoms with Crippen LogP contribution in [0, 0.1) is 0 Å². The number of benzene rings is 1. The molecule has 0 heterocycles. The second-order valence-corrected chi connectivity index (χ2v) is 5.43. The molecule has 0 aliphatic carbocycles. The Labute approximate surface area is 102 Å². The van der Waals surface area contributed by atoms with E-state index in [0.29, 0.717) is 17.9 Å². The molecule has 17 heavy (non-hydrogen) atoms. The molecule has 96 valence electrons. The topological polar surface area (TPSA) is 67.4 Å². The van der Waals surface area contributed by atoms with Crippen molar-refractivity contribution in [3.05, 3.63) is 18.2 Å². The molecule has 2 N–H and O–H groups in total. The van der Waals surface area contributed by atoms with E-state index in [0.717, 1.165) is 5.69 Å². The normalized spacial score (nSPS) is 11.0. The lowest BCUT2D eigenvalue weighted by molar-refractivity contribution is 0.417. The van der Waals surface area contributed by atoms with Crippen molar-refractivity contribution in [1.82, 2.24) is 0 Å². The summed E-state index contributed by atoms with van der Waals surface area (Å²) in [6, 6.07) is 5.23. The molecule has 0 aromatic heterocycles. The van der Waals surface area contributed by atoms with Crippen LogP contribution in [0.4, 0.5) is 11.4 Å². The molecule has 0 unspecified atom stereocenters. The highest BCUT2D eigenvalue weighted by Crippen LogP contribution is 2.28. The van der Waals surface area contributed by atoms with Crippen LogP contribution in [0.1, 0.15) is 13.3 Å². The van der Waals surface area contributed by atoms with Crippen LogP contribution in [0.15, 0.2) is 18.2 Å². The monoisotopic (exact) mass is 258 g/mol. The highest BCUT2D eigenvalue weighted by molar-refractivity contribution is 7.92. The fourth-order valence-corrected chi connectivity index (χ4v) is 2.56. The summed E-state index contributed by atoms with van der Waals surface area (Å²) in [4.78, 5) is 0. The first-order valence-corrected chi connectivity index (χ1v) is 7.04. The average Bonchev–Trinajstić information content (AvgIpc) is 2.28. The van der Waals surface area contributed by atoms with Gasteiger partial charge < -0.3 is 10.1 Å². The molecule has 0 amide bonds. The van der Waals surface area contributed by atoms with Crippen molar-refractivity contribution in [2.24, 2.45) is 0 Å². The molecular weight excluding hydrogens is 240 g/mol. The molecule has 0 bridgehead atoms. The van der Waals surface area contributed by atoms with Gasteiger partial charge in [0.05, 0.1) is 18.6 Å². The highest BCUT2D eigenvalue weighted by atomic mass is 32.2. The molecule has 1 aromatic carbocycles. The molecule has 5 nitrogen and oxygen atoms in total. The van der Waals surface area contributed by atoms with E-state index in [4.69, 9.17) is 4.74 Å². The lowest BCUT2D eigenvalue weighted by Gasteiger charge is -2.12. The Bertz CT molecular complexity index is 472. The third-order valence-electron chi connectivity index (χ3n) is 2.23. The lowest BCUT2D eigenvalue weighted by Crippen LogP contribution is -2.16. The lowest BCUT2D eigenvalue weighted by atomic mass is 10.2. The zero-order valence-corrected chi connectivity index (χ0v) is 11.1. The van der Waals surface area contributed by atoms with Gasteiger partial charge in [-0.3, -0.25) is 4.72 Å². The predicted molar refractivity (Wildman–Crippen MR) is 70.2 cm³/mol. The Hall–Kier alpha value is -1.43. The average molecular weight is 258 g/mol. The Morgan fingerprint density at radius 1 is 1.35 bits per heavy atom. The van der Waals surface area contributed by atoms with E-state index in [9.17, 15) is 8.42 Å². The first kappa shape index (κ1) is 13.6. The highest BCUT2D eigenvalue weighted by Gasteiger charge is 2.12. The number of rotatable bonds is 6. The second-order valence-electron chi connectivity index (χ2n) is 3.59. The molecule has 1 aromatic rings. The van der Waals surface area contributed by atoms with Crippen LogP contribution in [0.2, 0.25) is 0 Å². The van der Waals surface area contributed by atoms with Gasteiger partial charge in [-0.15, -0.1) is 0 Å². The van der Waals surface area contributed by atoms with Gasteiger partial charge in [-0.05, 0) is 24.6 Å². The summed E-state index contributed by atoms with van der Waals surface area (Å²) in [5.74, 6) is 0.601. The molecule has 0 aliphatic rings. The Balaban J connectivity index is 3.03. The minimum atomic E-state index is -3.30. The van der Waals surface area contributed by atoms with Crippen molar-refractivity contribution in [3.63, 3.8) is 0 Å². The fraction of sp³-hybridized carbons (Fsp3) is 0.455. The smallest absolute Gasteiger partial charge is 0.232 e. The molecule has 0 saturated carbocycles. The van der Waals surface area contributed by atoms with Gasteiger partial charge in [-0.2, -0.15) is 0 Å². The van der Waals surface area contributed by atoms with Gasteiger partial charge in [-0.1, -0.05) is 6.92 Å². The third kappa shape index (κ3) is 3.81. The van der Waals surface area contributed by atoms with Crippen molar-refractivity contribution in [2.75, 3.05) is 29.9 Å². The van der Waals surface area contributed by atoms with Crippen molar-refractivity contribution in [2.45, 2.75) is 13.3 Å². The summed E-state index contributed by atoms with van der Waals surface area (Å²) < 4.78 is 31.0. The predicted octanol–water partition coefficient (Wildman–Crippen LogP) is 1.89. The van der Waals surface area contributed by atoms with Gasteiger partial charge in [0.2, 0.25) is 10.0 Å². The largest absolute Gasteiger partial charge is 0.495 e. The summed E-state index contributed by atoms with van der Waals surface area (Å²) >= 11 is 0. The molecular formula is C11H18N2O3S. The van der Waals surface area contributed by atoms with Crippen molar-refractivity contribution in [3.8, 4) is 5.75 Å². The maximum absolute atomic E-state index is 11.7. The fourth-order valence-electron chi connectivity index (χ4n) is 1.43. The van der Waals surface area contributed by atoms with E-state index in [2.05, 4.69) is 10.0 Å². The molecule has 1 rings (SSSR count). The summed E-state index contributed by atoms with van der Waals surface area (Å²) in [5, 5.41) is 2.95. The van der Waals surface area contributed by atoms with Crippen LogP contribution in [0.25, 0.3) is 0 Å². The maximum atomic E-state index is 11.7. The summed E-state index contributed by atoms with van der Waals surface area (Å²) in [6.07, 6.45) is 0.573. The standard InChI is InChI=1S/C11H18N2O3S/c1-4-7-17(14,15)13-10-8-9(12-2)5-6-11(10)16-3/h5-6,8,12-13H,4,7H2,1-3H3. The number of methoxy groups -OCH3 is 1. The maximum Gasteiger partial charge on any atom is 0.232 e. The number of ether oxygens (including phenoxy) is 1. The van der Waals surface area contributed by atoms with E-state index in [1.54, 1.807) is 19.2 Å². The van der Waals surface area contributed by atoms with Crippen LogP contribution >= 0.6 is 0 Å². The number of hydrogen-bond acceptors (Lipinski definition) is 4. The quantitative estimate of drug-likeness (QED) is 0.817. The van der Waals surface area contributed by atoms with E-state index in [1.807, 2.05) is 13.0 Å². The van der Waals surface area contributed by atoms with Gasteiger partial charge in [0, 0.05) is 12.7 Å². The van der Waals surface area contributed by atoms with Crippen LogP contribution < -0.4 is 14.8 Å². The zero-order chi connectivity index (χ0) is 12.9. The minimum Gasteiger partial charge on any atom is -0.495 e. The molecule has 0 fully saturated rings. The first-order valence-electron chi connectivity index (χ1n) is 5.38. The summed E-state index contributed by atoms with van der Waals surface area (Å²) in [6.45, 7) is 1.82. The second kappa shape index (κ2) is 5.77. The van der Waals surface area contributed by atoms with E-state index < -0.39 is 10.0 Å². The van der Waals surface area contributed by atoms with E-state index in [1.165, 1.54) is 7.11 Å². The van der Waals surface area contributed by atoms with Crippen LogP contribution in [-0.2, 0) is 10.0 Å². The molecule has 6 heteroatoms. The van der Waals surface area contributed by atoms with Gasteiger partial charge in [0.1, 0.15) is 5.75 Å². The minimum absolute atomic E-state index is 0.0972. The SMILES string of the molecule is CCCS(=O)(=O)Nc1cc(NC)ccc1OC. The number of nitrogens with one attached hydrogen (secondary N) is 2. The molecule has 0 atom stereocenters. The Morgan fingerprint density at radius 3 is 2.59 bits per heavy atom. The molecule has 0 spiro atoms. The number of sulfonamides is 1. The summed E-state index contributed by atoms with van der Waals surface area (Å²) in [5.41, 5.74) is 1.27. The van der Waals surface area contributed by atoms with Gasteiger partial charge >= 0.3 is 0 Å². The van der Waals surface area contributed by atoms with Gasteiger partial charge in [0.25, 0.3) is 0 Å². The Morgan fingerprint density at radius 2 is 2.06 bits per heavy atom. The zero-order valence-electron chi connectivity index (χ0n) is 10.3. The van der Waals surface area contributed by atoms with Crippen LogP contribution in [0.3, 0.4) is 0 Å². The number of anilines is 2. The third-order valence-corrected chi connectivity index (χ3v) is 3.70. The number of hydrogen-bond donors (Lipinski definition) is 2. The van der Waals surface area contributed by atoms with Crippen LogP contribution in [0.5, 0.6) is 5.75 Å². The molecule has 0 radical (unpaired) electrons. The van der Waals surface area contributed by atoms with Crippen molar-refractivity contribution < 1.29 is 13.2 Å². The van der Waals surface area contributed by atoms with Gasteiger partial charge in [-0.25, -0.2) is 8.42 Å². The Kier molecular flexibility index (Phi) is 4.62. The first-order chi connectivity index (χ1) is 8.02. The van der Waals surface area contributed by atoms with Crippen LogP contribution in [-0.4, -0.2) is 28.3 Å². The van der Waals surface area contributed by atoms with E-state index in [-0.39, 0.29) is 5.75 Å². The van der Waals surface area contributed by atoms with Gasteiger partial charge in [0.15, 0.2) is 0 Å². The molecule has 0 saturated heterocycles. The van der Waals surface area contributed by atoms with Crippen molar-refractivity contribution >= 4 is 21.4 Å². The molecule has 0 aliphatic heterocycles. The van der Waals surface area contributed by atoms with E-state index >= 15 is 0 Å². The summed E-state index contributed by atoms with van der Waals surface area (Å²) in [7, 11) is -0.0241. The van der Waals surface area contributed by atoms with Crippen molar-refractivity contribution in [1.29, 1.82) is 0 Å².